The molecule has 2 fully saturated rings. The number of nitrogens with one attached hydrogen (secondary N) is 1. The van der Waals surface area contributed by atoms with Crippen LogP contribution < -0.4 is 9.91 Å². The van der Waals surface area contributed by atoms with Gasteiger partial charge in [-0.2, -0.15) is 0 Å². The Labute approximate surface area is 175 Å². The van der Waals surface area contributed by atoms with Gasteiger partial charge in [-0.15, -0.1) is 11.6 Å². The van der Waals surface area contributed by atoms with Crippen molar-refractivity contribution in [1.82, 2.24) is 14.5 Å². The summed E-state index contributed by atoms with van der Waals surface area (Å²) in [6, 6.07) is 8.62. The number of hydrogen-bond acceptors (Lipinski definition) is 4. The highest BCUT2D eigenvalue weighted by Gasteiger charge is 2.85. The summed E-state index contributed by atoms with van der Waals surface area (Å²) in [5, 5.41) is 4.75. The minimum Gasteiger partial charge on any atom is -0.362 e. The summed E-state index contributed by atoms with van der Waals surface area (Å²) < 4.78 is 27.6. The van der Waals surface area contributed by atoms with Crippen molar-refractivity contribution in [1.29, 1.82) is 0 Å². The van der Waals surface area contributed by atoms with E-state index in [0.717, 1.165) is 11.0 Å². The number of quaternary nitrogens is 1. The number of nitrogens with zero attached hydrogens (tertiary/aromatic N) is 3. The summed E-state index contributed by atoms with van der Waals surface area (Å²) in [6.07, 6.45) is -1.66. The van der Waals surface area contributed by atoms with Gasteiger partial charge in [0.2, 0.25) is 0 Å². The Hall–Kier alpha value is -2.26. The van der Waals surface area contributed by atoms with E-state index < -0.39 is 40.5 Å². The topological polar surface area (TPSA) is 52.4 Å². The predicted octanol–water partition coefficient (Wildman–Crippen LogP) is 4.06. The molecule has 4 atom stereocenters. The Kier molecular flexibility index (Phi) is 4.77. The lowest BCUT2D eigenvalue weighted by Gasteiger charge is -2.23. The number of alkyl halides is 1. The number of anilines is 1. The van der Waals surface area contributed by atoms with Crippen LogP contribution >= 0.6 is 23.2 Å². The third-order valence-corrected chi connectivity index (χ3v) is 5.98. The number of halogens is 4. The Morgan fingerprint density at radius 1 is 1.21 bits per heavy atom. The average Bonchev–Trinajstić information content (AvgIpc) is 3.35. The van der Waals surface area contributed by atoms with E-state index >= 15 is 0 Å². The van der Waals surface area contributed by atoms with Crippen molar-refractivity contribution in [3.63, 3.8) is 0 Å². The van der Waals surface area contributed by atoms with Gasteiger partial charge in [0.1, 0.15) is 17.0 Å². The quantitative estimate of drug-likeness (QED) is 0.329. The normalized spacial score (nSPS) is 26.5. The highest BCUT2D eigenvalue weighted by Crippen LogP contribution is 2.53. The molecule has 6 nitrogen and oxygen atoms in total. The number of imide groups is 1. The molecule has 2 aromatic rings. The number of carbonyl (C=O) groups excluding carboxylic acids is 2. The van der Waals surface area contributed by atoms with Gasteiger partial charge in [-0.25, -0.2) is 18.5 Å². The fourth-order valence-corrected chi connectivity index (χ4v) is 4.33. The third-order valence-electron chi connectivity index (χ3n) is 5.37. The van der Waals surface area contributed by atoms with Gasteiger partial charge < -0.3 is 5.32 Å². The van der Waals surface area contributed by atoms with Gasteiger partial charge in [0, 0.05) is 18.7 Å². The zero-order valence-corrected chi connectivity index (χ0v) is 17.0. The molecule has 0 saturated carbocycles. The van der Waals surface area contributed by atoms with Crippen molar-refractivity contribution in [2.45, 2.75) is 19.3 Å². The van der Waals surface area contributed by atoms with Crippen LogP contribution in [0, 0.1) is 18.6 Å². The lowest BCUT2D eigenvalue weighted by molar-refractivity contribution is -0.126. The van der Waals surface area contributed by atoms with E-state index in [9.17, 15) is 18.4 Å². The van der Waals surface area contributed by atoms with Crippen molar-refractivity contribution in [2.75, 3.05) is 18.2 Å². The average molecular weight is 442 g/mol. The van der Waals surface area contributed by atoms with Crippen LogP contribution in [0.2, 0.25) is 5.02 Å². The molecule has 1 N–H and O–H groups in total. The Morgan fingerprint density at radius 2 is 1.90 bits per heavy atom. The maximum absolute atomic E-state index is 14.5. The molecule has 2 aromatic carbocycles. The van der Waals surface area contributed by atoms with Gasteiger partial charge in [-0.1, -0.05) is 28.3 Å². The lowest BCUT2D eigenvalue weighted by Crippen LogP contribution is -2.49. The summed E-state index contributed by atoms with van der Waals surface area (Å²) in [7, 11) is 1.40. The molecule has 2 aliphatic rings. The fourth-order valence-electron chi connectivity index (χ4n) is 3.85. The monoisotopic (exact) mass is 441 g/mol. The fraction of sp³-hybridized carbons (Fsp3) is 0.263. The molecule has 2 aliphatic heterocycles. The molecular formula is C19H17Cl2F2N4O2+. The second-order valence-corrected chi connectivity index (χ2v) is 7.63. The van der Waals surface area contributed by atoms with Crippen LogP contribution in [0.25, 0.3) is 0 Å². The van der Waals surface area contributed by atoms with Gasteiger partial charge in [-0.05, 0) is 30.1 Å². The summed E-state index contributed by atoms with van der Waals surface area (Å²) in [5.41, 5.74) is 0.303. The first-order valence-corrected chi connectivity index (χ1v) is 9.69. The van der Waals surface area contributed by atoms with Crippen LogP contribution in [0.4, 0.5) is 25.0 Å². The standard InChI is InChI=1S/C19H17Cl2F2N4O2/c1-10-12(22)7-8-13(16(10)23)24-15(9-20)26-17-18(28)25(2)19(29)27(17,26)14-6-4-3-5-11(14)21/h3-8,15,17,24H,9H2,1-2H3/q+1. The first kappa shape index (κ1) is 20.0. The number of para-hydroxylation sites is 1. The number of urea groups is 1. The van der Waals surface area contributed by atoms with Crippen LogP contribution in [0.15, 0.2) is 36.4 Å². The molecule has 4 unspecified atom stereocenters. The molecule has 10 heteroatoms. The molecule has 0 radical (unpaired) electrons. The van der Waals surface area contributed by atoms with Gasteiger partial charge in [-0.3, -0.25) is 4.79 Å². The van der Waals surface area contributed by atoms with Crippen molar-refractivity contribution in [2.24, 2.45) is 0 Å². The zero-order valence-electron chi connectivity index (χ0n) is 15.5. The number of rotatable bonds is 5. The smallest absolute Gasteiger partial charge is 0.362 e. The number of benzene rings is 2. The second-order valence-electron chi connectivity index (χ2n) is 6.92. The molecular weight excluding hydrogens is 425 g/mol. The zero-order chi connectivity index (χ0) is 21.1. The van der Waals surface area contributed by atoms with Crippen molar-refractivity contribution in [3.05, 3.63) is 58.6 Å². The Bertz CT molecular complexity index is 1040. The summed E-state index contributed by atoms with van der Waals surface area (Å²) in [4.78, 5) is 26.8. The van der Waals surface area contributed by atoms with E-state index in [1.807, 2.05) is 0 Å². The number of carbonyl (C=O) groups is 2. The van der Waals surface area contributed by atoms with Crippen LogP contribution in [0.1, 0.15) is 5.56 Å². The van der Waals surface area contributed by atoms with E-state index in [0.29, 0.717) is 10.7 Å². The SMILES string of the molecule is Cc1c(F)ccc(NC(CCl)N2C3C(=O)N(C)C(=O)[N+]32c2ccccc2Cl)c1F. The van der Waals surface area contributed by atoms with Crippen LogP contribution in [-0.2, 0) is 4.79 Å². The number of hydrogen-bond donors (Lipinski definition) is 1. The Balaban J connectivity index is 1.76. The molecule has 2 heterocycles. The summed E-state index contributed by atoms with van der Waals surface area (Å²) in [5.74, 6) is -1.92. The van der Waals surface area contributed by atoms with E-state index in [-0.39, 0.29) is 17.1 Å². The lowest BCUT2D eigenvalue weighted by atomic mass is 10.2. The van der Waals surface area contributed by atoms with E-state index in [4.69, 9.17) is 23.2 Å². The first-order valence-electron chi connectivity index (χ1n) is 8.78. The first-order chi connectivity index (χ1) is 13.8. The summed E-state index contributed by atoms with van der Waals surface area (Å²) >= 11 is 12.5. The van der Waals surface area contributed by atoms with Gasteiger partial charge in [0.15, 0.2) is 11.5 Å². The largest absolute Gasteiger partial charge is 0.452 e. The van der Waals surface area contributed by atoms with Gasteiger partial charge >= 0.3 is 18.1 Å². The molecule has 2 saturated heterocycles. The molecule has 152 valence electrons. The molecule has 4 rings (SSSR count). The second kappa shape index (κ2) is 6.91. The molecule has 3 amide bonds. The minimum atomic E-state index is -0.867. The predicted molar refractivity (Wildman–Crippen MR) is 106 cm³/mol. The number of amides is 3. The van der Waals surface area contributed by atoms with Crippen LogP contribution in [0.5, 0.6) is 0 Å². The third kappa shape index (κ3) is 2.67. The van der Waals surface area contributed by atoms with Crippen molar-refractivity contribution in [3.8, 4) is 0 Å². The molecule has 0 aliphatic carbocycles. The maximum atomic E-state index is 14.5. The van der Waals surface area contributed by atoms with Crippen molar-refractivity contribution < 1.29 is 18.4 Å². The molecule has 29 heavy (non-hydrogen) atoms. The van der Waals surface area contributed by atoms with Gasteiger partial charge in [0.05, 0.1) is 11.6 Å². The summed E-state index contributed by atoms with van der Waals surface area (Å²) in [6.45, 7) is 1.32. The van der Waals surface area contributed by atoms with E-state index in [2.05, 4.69) is 5.32 Å². The number of likely N-dealkylation sites (N-methyl/N-ethyl adjacent to an activating group) is 1. The molecule has 0 spiro atoms. The van der Waals surface area contributed by atoms with Crippen LogP contribution in [0.3, 0.4) is 0 Å². The Morgan fingerprint density at radius 3 is 2.55 bits per heavy atom. The molecule has 0 aromatic heterocycles. The van der Waals surface area contributed by atoms with E-state index in [1.54, 1.807) is 24.3 Å². The van der Waals surface area contributed by atoms with E-state index in [1.165, 1.54) is 25.0 Å². The van der Waals surface area contributed by atoms with Crippen LogP contribution in [-0.4, -0.2) is 47.1 Å². The highest BCUT2D eigenvalue weighted by molar-refractivity contribution is 6.34. The van der Waals surface area contributed by atoms with Gasteiger partial charge in [0.25, 0.3) is 0 Å². The molecule has 0 bridgehead atoms. The highest BCUT2D eigenvalue weighted by atomic mass is 35.5. The van der Waals surface area contributed by atoms with Crippen molar-refractivity contribution >= 4 is 46.5 Å². The number of fused-ring (bicyclic) bond motifs is 1. The maximum Gasteiger partial charge on any atom is 0.452 e. The minimum absolute atomic E-state index is 0.0197.